The summed E-state index contributed by atoms with van der Waals surface area (Å²) < 4.78 is 91.5. The number of hydrogen-bond donors (Lipinski definition) is 2. The highest BCUT2D eigenvalue weighted by Crippen LogP contribution is 2.35. The number of carbonyl (C=O) groups is 3. The average molecular weight is 1130 g/mol. The summed E-state index contributed by atoms with van der Waals surface area (Å²) in [6, 6.07) is 25.3. The molecule has 0 saturated heterocycles. The Balaban J connectivity index is -0.000000286. The fraction of sp³-hybridized carbons (Fsp3) is 0.469. The number of nitrogens with two attached hydrogens (primary N) is 2. The fourth-order valence-electron chi connectivity index (χ4n) is 7.14. The van der Waals surface area contributed by atoms with Gasteiger partial charge < -0.3 is 16.2 Å². The highest BCUT2D eigenvalue weighted by atomic mass is 32.2. The summed E-state index contributed by atoms with van der Waals surface area (Å²) in [4.78, 5) is 37.1. The number of hydrogen-bond acceptors (Lipinski definition) is 6. The van der Waals surface area contributed by atoms with E-state index in [4.69, 9.17) is 22.8 Å². The van der Waals surface area contributed by atoms with E-state index in [2.05, 4.69) is 43.8 Å². The Labute approximate surface area is 473 Å². The predicted octanol–water partition coefficient (Wildman–Crippen LogP) is 18.7. The van der Waals surface area contributed by atoms with Crippen LogP contribution >= 0.6 is 0 Å². The molecule has 5 aromatic carbocycles. The fourth-order valence-corrected chi connectivity index (χ4v) is 8.40. The first-order chi connectivity index (χ1) is 34.1. The highest BCUT2D eigenvalue weighted by molar-refractivity contribution is 7.91. The molecule has 0 atom stereocenters. The molecule has 4 N–H and O–H groups in total. The van der Waals surface area contributed by atoms with Gasteiger partial charge in [-0.25, -0.2) is 22.0 Å². The highest BCUT2D eigenvalue weighted by Gasteiger charge is 2.31. The van der Waals surface area contributed by atoms with Crippen molar-refractivity contribution in [2.75, 3.05) is 5.75 Å². The summed E-state index contributed by atoms with van der Waals surface area (Å²) in [6.07, 6.45) is -3.18. The first kappa shape index (κ1) is 81.4. The van der Waals surface area contributed by atoms with Crippen LogP contribution in [0.1, 0.15) is 235 Å². The number of sulfone groups is 1. The lowest BCUT2D eigenvalue weighted by molar-refractivity contribution is -0.154. The minimum Gasteiger partial charge on any atom is -0.460 e. The number of carbonyl (C=O) groups excluding carboxylic acids is 3. The number of primary amides is 2. The summed E-state index contributed by atoms with van der Waals surface area (Å²) in [6.45, 7) is 36.1. The van der Waals surface area contributed by atoms with Crippen molar-refractivity contribution in [1.29, 1.82) is 0 Å². The van der Waals surface area contributed by atoms with Crippen LogP contribution in [0.3, 0.4) is 0 Å². The van der Waals surface area contributed by atoms with Crippen LogP contribution in [0, 0.1) is 25.1 Å². The van der Waals surface area contributed by atoms with Crippen molar-refractivity contribution < 1.29 is 49.5 Å². The maximum Gasteiger partial charge on any atom is 0.415 e. The quantitative estimate of drug-likeness (QED) is 0.0721. The Morgan fingerprint density at radius 3 is 1.58 bits per heavy atom. The Hall–Kier alpha value is -6.40. The van der Waals surface area contributed by atoms with Crippen molar-refractivity contribution in [3.63, 3.8) is 0 Å². The summed E-state index contributed by atoms with van der Waals surface area (Å²) in [5.41, 5.74) is 16.6. The summed E-state index contributed by atoms with van der Waals surface area (Å²) in [5, 5.41) is 0. The Morgan fingerprint density at radius 1 is 0.620 bits per heavy atom. The van der Waals surface area contributed by atoms with Crippen LogP contribution in [-0.4, -0.2) is 37.6 Å². The van der Waals surface area contributed by atoms with Gasteiger partial charge in [-0.15, -0.1) is 0 Å². The van der Waals surface area contributed by atoms with E-state index >= 15 is 0 Å². The first-order valence-electron chi connectivity index (χ1n) is 24.5. The van der Waals surface area contributed by atoms with Gasteiger partial charge in [0.2, 0.25) is 11.8 Å². The van der Waals surface area contributed by atoms with Gasteiger partial charge >= 0.3 is 12.1 Å². The van der Waals surface area contributed by atoms with E-state index in [0.29, 0.717) is 22.8 Å². The van der Waals surface area contributed by atoms with Crippen LogP contribution in [0.5, 0.6) is 0 Å². The largest absolute Gasteiger partial charge is 0.460 e. The molecule has 0 aliphatic rings. The summed E-state index contributed by atoms with van der Waals surface area (Å²) in [7, 11) is -3.07. The lowest BCUT2D eigenvalue weighted by atomic mass is 9.93. The van der Waals surface area contributed by atoms with Crippen LogP contribution in [-0.2, 0) is 32.0 Å². The second-order valence-corrected chi connectivity index (χ2v) is 22.4. The van der Waals surface area contributed by atoms with Crippen LogP contribution in [0.2, 0.25) is 0 Å². The topological polar surface area (TPSA) is 151 Å². The third-order valence-electron chi connectivity index (χ3n) is 11.1. The van der Waals surface area contributed by atoms with Gasteiger partial charge in [-0.2, -0.15) is 13.2 Å². The van der Waals surface area contributed by atoms with Crippen molar-refractivity contribution in [2.24, 2.45) is 11.5 Å². The number of nitrogens with zero attached hydrogens (tertiary/aromatic N) is 1. The standard InChI is InChI=1S/C17H26O2.C11H10F3N.C11H16O2S.2C10H12FNO.5CH4/c1-12(2)15-11-13(3)7-8-14(15)9-10-16(18)19-17(4,5)6;1-7(2)9-5-4-8(11(12,13)14)6-10(9)15-3;1-4-14(12,13)11-8-6-5-7-10(11)9(2)3;1-6(2)7-3-8(10(12)13)5-9(11)4-7;1-6(2)8-4-3-7(11)5-9(8)10(12)13;;;;;/h7-8,11-12H,9-10H2,1-6H3;4-7H,1-2H3;5-9H,4H2,1-3H3;2*3-6H,1-2H3,(H2,12,13);5*1H4. The maximum absolute atomic E-state index is 12.9. The van der Waals surface area contributed by atoms with Crippen molar-refractivity contribution >= 4 is 33.3 Å². The van der Waals surface area contributed by atoms with E-state index in [0.717, 1.165) is 41.3 Å². The third-order valence-corrected chi connectivity index (χ3v) is 12.9. The van der Waals surface area contributed by atoms with E-state index in [1.807, 2.05) is 88.3 Å². The molecular weight excluding hydrogens is 1030 g/mol. The number of rotatable bonds is 12. The summed E-state index contributed by atoms with van der Waals surface area (Å²) in [5.74, 6) is -0.851. The molecule has 0 spiro atoms. The lowest BCUT2D eigenvalue weighted by Gasteiger charge is -2.20. The van der Waals surface area contributed by atoms with Gasteiger partial charge in [0.25, 0.3) is 0 Å². The Kier molecular flexibility index (Phi) is 37.8. The van der Waals surface area contributed by atoms with Gasteiger partial charge in [0, 0.05) is 23.1 Å². The van der Waals surface area contributed by atoms with Crippen LogP contribution in [0.4, 0.5) is 27.6 Å². The molecule has 2 amide bonds. The molecule has 9 nitrogen and oxygen atoms in total. The van der Waals surface area contributed by atoms with Gasteiger partial charge in [0.15, 0.2) is 15.5 Å². The monoisotopic (exact) mass is 1130 g/mol. The average Bonchev–Trinajstić information content (AvgIpc) is 3.30. The second kappa shape index (κ2) is 36.7. The van der Waals surface area contributed by atoms with Crippen molar-refractivity contribution in [2.45, 2.75) is 200 Å². The molecule has 5 rings (SSSR count). The normalized spacial score (nSPS) is 10.6. The molecule has 5 aromatic rings. The molecule has 0 bridgehead atoms. The Morgan fingerprint density at radius 2 is 1.14 bits per heavy atom. The zero-order valence-electron chi connectivity index (χ0n) is 45.6. The van der Waals surface area contributed by atoms with Crippen molar-refractivity contribution in [3.05, 3.63) is 176 Å². The van der Waals surface area contributed by atoms with Crippen LogP contribution in [0.25, 0.3) is 4.85 Å². The van der Waals surface area contributed by atoms with Crippen LogP contribution < -0.4 is 11.5 Å². The van der Waals surface area contributed by atoms with Gasteiger partial charge in [-0.3, -0.25) is 14.4 Å². The molecule has 0 radical (unpaired) electrons. The molecule has 0 saturated carbocycles. The minimum absolute atomic E-state index is 0. The van der Waals surface area contributed by atoms with Gasteiger partial charge in [0.05, 0.1) is 17.2 Å². The molecule has 79 heavy (non-hydrogen) atoms. The lowest BCUT2D eigenvalue weighted by Crippen LogP contribution is -2.24. The number of benzene rings is 5. The first-order valence-corrected chi connectivity index (χ1v) is 26.1. The van der Waals surface area contributed by atoms with E-state index in [-0.39, 0.29) is 89.3 Å². The van der Waals surface area contributed by atoms with Crippen molar-refractivity contribution in [1.82, 2.24) is 0 Å². The number of esters is 1. The molecule has 0 fully saturated rings. The second-order valence-electron chi connectivity index (χ2n) is 20.1. The molecular formula is C64H96F5N3O6S. The van der Waals surface area contributed by atoms with Gasteiger partial charge in [-0.05, 0) is 140 Å². The number of halogens is 5. The minimum atomic E-state index is -4.38. The summed E-state index contributed by atoms with van der Waals surface area (Å²) >= 11 is 0. The van der Waals surface area contributed by atoms with E-state index < -0.39 is 50.6 Å². The van der Waals surface area contributed by atoms with Crippen molar-refractivity contribution in [3.8, 4) is 0 Å². The third kappa shape index (κ3) is 28.4. The number of ether oxygens (including phenoxy) is 1. The molecule has 444 valence electrons. The van der Waals surface area contributed by atoms with E-state index in [1.165, 1.54) is 41.0 Å². The smallest absolute Gasteiger partial charge is 0.415 e. The zero-order chi connectivity index (χ0) is 57.1. The molecule has 0 aliphatic carbocycles. The molecule has 15 heteroatoms. The van der Waals surface area contributed by atoms with Gasteiger partial charge in [-0.1, -0.05) is 173 Å². The van der Waals surface area contributed by atoms with E-state index in [9.17, 15) is 44.8 Å². The molecule has 0 unspecified atom stereocenters. The zero-order valence-corrected chi connectivity index (χ0v) is 46.4. The number of alkyl halides is 3. The molecule has 0 aromatic heterocycles. The SMILES string of the molecule is C.C.C.C.C.CC(C)c1cc(F)cc(C(N)=O)c1.CC(C)c1ccc(F)cc1C(N)=O.CCS(=O)(=O)c1ccccc1C(C)C.Cc1ccc(CCC(=O)OC(C)(C)C)c(C(C)C)c1.[C-]#[N+]c1cc(C(F)(F)F)ccc1C(C)C. The maximum atomic E-state index is 12.9. The van der Waals surface area contributed by atoms with Crippen LogP contribution in [0.15, 0.2) is 102 Å². The molecule has 0 heterocycles. The molecule has 0 aliphatic heterocycles. The predicted molar refractivity (Wildman–Crippen MR) is 321 cm³/mol. The number of amides is 2. The van der Waals surface area contributed by atoms with E-state index in [1.54, 1.807) is 31.2 Å². The number of aryl methyl sites for hydroxylation is 2. The Bertz CT molecular complexity index is 2810. The van der Waals surface area contributed by atoms with Gasteiger partial charge in [0.1, 0.15) is 17.2 Å².